The lowest BCUT2D eigenvalue weighted by Gasteiger charge is -2.21. The number of aliphatic imine (C=N–C) groups is 1. The molecule has 1 aliphatic carbocycles. The van der Waals surface area contributed by atoms with Gasteiger partial charge in [0.15, 0.2) is 5.96 Å². The lowest BCUT2D eigenvalue weighted by atomic mass is 10.0. The van der Waals surface area contributed by atoms with Gasteiger partial charge in [-0.25, -0.2) is 0 Å². The summed E-state index contributed by atoms with van der Waals surface area (Å²) in [5, 5.41) is 6.90. The first-order valence-corrected chi connectivity index (χ1v) is 10.7. The first-order chi connectivity index (χ1) is 12.3. The van der Waals surface area contributed by atoms with Gasteiger partial charge in [0.1, 0.15) is 0 Å². The summed E-state index contributed by atoms with van der Waals surface area (Å²) in [6.07, 6.45) is 11.1. The maximum atomic E-state index is 4.76. The van der Waals surface area contributed by atoms with Crippen LogP contribution in [-0.4, -0.2) is 75.2 Å². The number of rotatable bonds is 9. The molecule has 0 spiro atoms. The molecule has 0 atom stereocenters. The van der Waals surface area contributed by atoms with E-state index in [0.29, 0.717) is 0 Å². The topological polar surface area (TPSA) is 42.9 Å². The summed E-state index contributed by atoms with van der Waals surface area (Å²) in [6.45, 7) is 11.0. The highest BCUT2D eigenvalue weighted by Crippen LogP contribution is 2.28. The molecule has 1 saturated carbocycles. The predicted molar refractivity (Wildman–Crippen MR) is 108 cm³/mol. The zero-order valence-corrected chi connectivity index (χ0v) is 16.7. The van der Waals surface area contributed by atoms with E-state index in [1.54, 1.807) is 0 Å². The quantitative estimate of drug-likeness (QED) is 0.381. The van der Waals surface area contributed by atoms with Crippen LogP contribution in [-0.2, 0) is 0 Å². The summed E-state index contributed by atoms with van der Waals surface area (Å²) < 4.78 is 0. The largest absolute Gasteiger partial charge is 0.357 e. The molecule has 2 fully saturated rings. The Kier molecular flexibility index (Phi) is 10.3. The minimum atomic E-state index is 0.933. The molecule has 5 nitrogen and oxygen atoms in total. The molecule has 5 heteroatoms. The monoisotopic (exact) mass is 351 g/mol. The molecule has 1 heterocycles. The summed E-state index contributed by atoms with van der Waals surface area (Å²) in [5.41, 5.74) is 0. The number of nitrogens with zero attached hydrogens (tertiary/aromatic N) is 3. The molecule has 2 aliphatic rings. The van der Waals surface area contributed by atoms with Gasteiger partial charge in [-0.3, -0.25) is 4.99 Å². The average molecular weight is 352 g/mol. The highest BCUT2D eigenvalue weighted by Gasteiger charge is 2.14. The van der Waals surface area contributed by atoms with Gasteiger partial charge in [0.2, 0.25) is 0 Å². The number of likely N-dealkylation sites (N-methyl/N-ethyl adjacent to an activating group) is 1. The SMILES string of the molecule is CCNC(=NCCCCC1CCCC1)NCCN1CCCN(C)CC1. The van der Waals surface area contributed by atoms with Crippen LogP contribution in [0.4, 0.5) is 0 Å². The van der Waals surface area contributed by atoms with Crippen LogP contribution in [0.1, 0.15) is 58.3 Å². The number of unbranched alkanes of at least 4 members (excludes halogenated alkanes) is 1. The van der Waals surface area contributed by atoms with Crippen molar-refractivity contribution in [3.8, 4) is 0 Å². The fraction of sp³-hybridized carbons (Fsp3) is 0.950. The van der Waals surface area contributed by atoms with E-state index in [-0.39, 0.29) is 0 Å². The molecular formula is C20H41N5. The Balaban J connectivity index is 1.58. The van der Waals surface area contributed by atoms with Crippen molar-refractivity contribution in [2.45, 2.75) is 58.3 Å². The molecule has 0 bridgehead atoms. The van der Waals surface area contributed by atoms with Gasteiger partial charge >= 0.3 is 0 Å². The third kappa shape index (κ3) is 8.91. The van der Waals surface area contributed by atoms with E-state index in [0.717, 1.165) is 38.1 Å². The lowest BCUT2D eigenvalue weighted by Crippen LogP contribution is -2.42. The summed E-state index contributed by atoms with van der Waals surface area (Å²) >= 11 is 0. The van der Waals surface area contributed by atoms with Crippen LogP contribution < -0.4 is 10.6 Å². The second-order valence-electron chi connectivity index (χ2n) is 7.83. The van der Waals surface area contributed by atoms with Crippen molar-refractivity contribution in [2.24, 2.45) is 10.9 Å². The minimum absolute atomic E-state index is 0.933. The van der Waals surface area contributed by atoms with Crippen molar-refractivity contribution in [2.75, 3.05) is 59.4 Å². The van der Waals surface area contributed by atoms with E-state index in [1.807, 2.05) is 0 Å². The number of guanidine groups is 1. The first kappa shape index (κ1) is 20.5. The average Bonchev–Trinajstić information content (AvgIpc) is 3.03. The van der Waals surface area contributed by atoms with Crippen LogP contribution in [0.15, 0.2) is 4.99 Å². The lowest BCUT2D eigenvalue weighted by molar-refractivity contribution is 0.280. The van der Waals surface area contributed by atoms with E-state index in [4.69, 9.17) is 4.99 Å². The van der Waals surface area contributed by atoms with Gasteiger partial charge in [-0.15, -0.1) is 0 Å². The molecule has 2 rings (SSSR count). The van der Waals surface area contributed by atoms with Gasteiger partial charge in [-0.1, -0.05) is 38.5 Å². The molecule has 0 radical (unpaired) electrons. The smallest absolute Gasteiger partial charge is 0.191 e. The van der Waals surface area contributed by atoms with E-state index < -0.39 is 0 Å². The number of hydrogen-bond acceptors (Lipinski definition) is 3. The van der Waals surface area contributed by atoms with E-state index in [1.165, 1.54) is 77.5 Å². The molecule has 0 aromatic heterocycles. The van der Waals surface area contributed by atoms with Crippen molar-refractivity contribution >= 4 is 5.96 Å². The highest BCUT2D eigenvalue weighted by atomic mass is 15.2. The number of hydrogen-bond donors (Lipinski definition) is 2. The standard InChI is InChI=1S/C20H41N5/c1-3-21-20(22-12-7-6-11-19-9-4-5-10-19)23-13-16-25-15-8-14-24(2)17-18-25/h19H,3-18H2,1-2H3,(H2,21,22,23). The Hall–Kier alpha value is -0.810. The molecule has 0 aromatic rings. The van der Waals surface area contributed by atoms with E-state index >= 15 is 0 Å². The Morgan fingerprint density at radius 1 is 1.00 bits per heavy atom. The van der Waals surface area contributed by atoms with Crippen LogP contribution in [0.5, 0.6) is 0 Å². The van der Waals surface area contributed by atoms with Crippen molar-refractivity contribution in [1.82, 2.24) is 20.4 Å². The normalized spacial score (nSPS) is 21.4. The van der Waals surface area contributed by atoms with E-state index in [9.17, 15) is 0 Å². The van der Waals surface area contributed by atoms with Gasteiger partial charge < -0.3 is 20.4 Å². The third-order valence-corrected chi connectivity index (χ3v) is 5.64. The summed E-state index contributed by atoms with van der Waals surface area (Å²) in [4.78, 5) is 9.76. The Morgan fingerprint density at radius 3 is 2.64 bits per heavy atom. The number of nitrogens with one attached hydrogen (secondary N) is 2. The molecule has 1 aliphatic heterocycles. The Bertz CT molecular complexity index is 365. The Labute approximate surface area is 155 Å². The minimum Gasteiger partial charge on any atom is -0.357 e. The molecule has 2 N–H and O–H groups in total. The second kappa shape index (κ2) is 12.5. The van der Waals surface area contributed by atoms with Crippen LogP contribution in [0.2, 0.25) is 0 Å². The first-order valence-electron chi connectivity index (χ1n) is 10.7. The third-order valence-electron chi connectivity index (χ3n) is 5.64. The van der Waals surface area contributed by atoms with Crippen molar-refractivity contribution in [3.05, 3.63) is 0 Å². The molecule has 146 valence electrons. The van der Waals surface area contributed by atoms with Crippen molar-refractivity contribution < 1.29 is 0 Å². The van der Waals surface area contributed by atoms with Crippen LogP contribution in [0, 0.1) is 5.92 Å². The van der Waals surface area contributed by atoms with Gasteiger partial charge in [-0.2, -0.15) is 0 Å². The zero-order chi connectivity index (χ0) is 17.7. The van der Waals surface area contributed by atoms with E-state index in [2.05, 4.69) is 34.4 Å². The maximum Gasteiger partial charge on any atom is 0.191 e. The van der Waals surface area contributed by atoms with Crippen LogP contribution in [0.3, 0.4) is 0 Å². The fourth-order valence-electron chi connectivity index (χ4n) is 4.03. The Morgan fingerprint density at radius 2 is 1.84 bits per heavy atom. The summed E-state index contributed by atoms with van der Waals surface area (Å²) in [6, 6.07) is 0. The summed E-state index contributed by atoms with van der Waals surface area (Å²) in [7, 11) is 2.23. The molecule has 0 unspecified atom stereocenters. The van der Waals surface area contributed by atoms with Crippen LogP contribution >= 0.6 is 0 Å². The predicted octanol–water partition coefficient (Wildman–Crippen LogP) is 2.54. The zero-order valence-electron chi connectivity index (χ0n) is 16.7. The molecule has 25 heavy (non-hydrogen) atoms. The summed E-state index contributed by atoms with van der Waals surface area (Å²) in [5.74, 6) is 2.01. The van der Waals surface area contributed by atoms with Gasteiger partial charge in [-0.05, 0) is 45.8 Å². The maximum absolute atomic E-state index is 4.76. The van der Waals surface area contributed by atoms with Crippen molar-refractivity contribution in [1.29, 1.82) is 0 Å². The molecule has 1 saturated heterocycles. The highest BCUT2D eigenvalue weighted by molar-refractivity contribution is 5.79. The van der Waals surface area contributed by atoms with Crippen LogP contribution in [0.25, 0.3) is 0 Å². The van der Waals surface area contributed by atoms with Crippen molar-refractivity contribution in [3.63, 3.8) is 0 Å². The van der Waals surface area contributed by atoms with Gasteiger partial charge in [0, 0.05) is 39.3 Å². The molecule has 0 amide bonds. The molecule has 0 aromatic carbocycles. The fourth-order valence-corrected chi connectivity index (χ4v) is 4.03. The molecular weight excluding hydrogens is 310 g/mol. The van der Waals surface area contributed by atoms with Gasteiger partial charge in [0.25, 0.3) is 0 Å². The second-order valence-corrected chi connectivity index (χ2v) is 7.83. The van der Waals surface area contributed by atoms with Gasteiger partial charge in [0.05, 0.1) is 0 Å².